The van der Waals surface area contributed by atoms with Gasteiger partial charge in [-0.25, -0.2) is 0 Å². The van der Waals surface area contributed by atoms with E-state index in [1.165, 1.54) is 0 Å². The number of aliphatic hydroxyl groups excluding tert-OH is 1. The summed E-state index contributed by atoms with van der Waals surface area (Å²) < 4.78 is 12.3. The van der Waals surface area contributed by atoms with Crippen LogP contribution < -0.4 is 0 Å². The first-order valence-electron chi connectivity index (χ1n) is 7.33. The molecule has 7 atom stereocenters. The van der Waals surface area contributed by atoms with Crippen LogP contribution >= 0.6 is 47.8 Å². The molecule has 7 unspecified atom stereocenters. The van der Waals surface area contributed by atoms with Crippen LogP contribution in [0, 0.1) is 0 Å². The summed E-state index contributed by atoms with van der Waals surface area (Å²) in [6.45, 7) is 2.14. The van der Waals surface area contributed by atoms with Crippen molar-refractivity contribution in [2.75, 3.05) is 0 Å². The summed E-state index contributed by atoms with van der Waals surface area (Å²) in [6.07, 6.45) is 4.78. The fraction of sp³-hybridized carbons (Fsp3) is 0.800. The fourth-order valence-electron chi connectivity index (χ4n) is 2.89. The molecular weight excluding hydrogens is 468 g/mol. The highest BCUT2D eigenvalue weighted by Gasteiger charge is 2.42. The predicted octanol–water partition coefficient (Wildman–Crippen LogP) is 4.05. The normalized spacial score (nSPS) is 41.4. The summed E-state index contributed by atoms with van der Waals surface area (Å²) in [5, 5.41) is 10.3. The van der Waals surface area contributed by atoms with Crippen molar-refractivity contribution in [1.29, 1.82) is 0 Å². The van der Waals surface area contributed by atoms with Gasteiger partial charge in [-0.3, -0.25) is 0 Å². The van der Waals surface area contributed by atoms with E-state index in [4.69, 9.17) is 9.47 Å². The van der Waals surface area contributed by atoms with E-state index < -0.39 is 6.10 Å². The molecule has 3 nitrogen and oxygen atoms in total. The second kappa shape index (κ2) is 8.62. The number of halogens is 3. The molecule has 2 saturated heterocycles. The van der Waals surface area contributed by atoms with Crippen LogP contribution in [0.25, 0.3) is 0 Å². The van der Waals surface area contributed by atoms with E-state index in [0.717, 1.165) is 19.3 Å². The largest absolute Gasteiger partial charge is 0.392 e. The molecule has 0 saturated carbocycles. The van der Waals surface area contributed by atoms with E-state index in [1.807, 2.05) is 6.08 Å². The van der Waals surface area contributed by atoms with Crippen LogP contribution in [0.2, 0.25) is 0 Å². The molecule has 2 rings (SSSR count). The first-order valence-corrected chi connectivity index (χ1v) is 10.1. The monoisotopic (exact) mass is 486 g/mol. The lowest BCUT2D eigenvalue weighted by atomic mass is 9.96. The number of aliphatic hydroxyl groups is 1. The summed E-state index contributed by atoms with van der Waals surface area (Å²) in [5.74, 6) is 0. The topological polar surface area (TPSA) is 38.7 Å². The molecule has 0 amide bonds. The third kappa shape index (κ3) is 4.90. The number of alkyl halides is 2. The molecule has 6 heteroatoms. The predicted molar refractivity (Wildman–Crippen MR) is 94.5 cm³/mol. The van der Waals surface area contributed by atoms with Gasteiger partial charge in [-0.15, -0.1) is 5.73 Å². The Labute approximate surface area is 151 Å². The molecule has 2 fully saturated rings. The number of rotatable bonds is 3. The van der Waals surface area contributed by atoms with Gasteiger partial charge < -0.3 is 14.6 Å². The molecule has 0 aliphatic carbocycles. The maximum Gasteiger partial charge on any atom is 0.0871 e. The average Bonchev–Trinajstić information content (AvgIpc) is 2.83. The standard InChI is InChI=1S/C15H21Br3O3/c1-2-10(17)13-7-11(18)12(19)8-15-14(21-13)6-9(20-15)4-3-5-16/h4-5,9-15,19H,2,6-8H2,1H3. The Kier molecular flexibility index (Phi) is 7.47. The number of ether oxygens (including phenoxy) is 2. The van der Waals surface area contributed by atoms with Crippen molar-refractivity contribution in [2.45, 2.75) is 72.8 Å². The van der Waals surface area contributed by atoms with Gasteiger partial charge in [-0.1, -0.05) is 54.7 Å². The van der Waals surface area contributed by atoms with E-state index in [2.05, 4.69) is 60.4 Å². The lowest BCUT2D eigenvalue weighted by Crippen LogP contribution is -2.42. The Bertz CT molecular complexity index is 398. The molecule has 21 heavy (non-hydrogen) atoms. The van der Waals surface area contributed by atoms with Crippen molar-refractivity contribution in [3.63, 3.8) is 0 Å². The molecule has 2 aliphatic heterocycles. The number of hydrogen-bond acceptors (Lipinski definition) is 3. The summed E-state index contributed by atoms with van der Waals surface area (Å²) in [6, 6.07) is 0. The zero-order chi connectivity index (χ0) is 15.4. The Balaban J connectivity index is 2.11. The van der Waals surface area contributed by atoms with E-state index in [0.29, 0.717) is 11.2 Å². The van der Waals surface area contributed by atoms with E-state index in [9.17, 15) is 5.11 Å². The minimum atomic E-state index is -0.407. The first-order chi connectivity index (χ1) is 10.0. The van der Waals surface area contributed by atoms with Crippen LogP contribution in [-0.4, -0.2) is 45.3 Å². The van der Waals surface area contributed by atoms with Crippen molar-refractivity contribution >= 4 is 47.8 Å². The highest BCUT2D eigenvalue weighted by Crippen LogP contribution is 2.35. The molecule has 0 bridgehead atoms. The third-order valence-electron chi connectivity index (χ3n) is 4.07. The molecule has 2 heterocycles. The summed E-state index contributed by atoms with van der Waals surface area (Å²) in [4.78, 5) is 2.02. The van der Waals surface area contributed by atoms with Crippen LogP contribution in [0.5, 0.6) is 0 Å². The molecule has 0 radical (unpaired) electrons. The first kappa shape index (κ1) is 18.2. The molecule has 1 N–H and O–H groups in total. The van der Waals surface area contributed by atoms with Gasteiger partial charge in [0, 0.05) is 27.5 Å². The van der Waals surface area contributed by atoms with Gasteiger partial charge in [0.05, 0.1) is 30.5 Å². The Morgan fingerprint density at radius 3 is 2.67 bits per heavy atom. The van der Waals surface area contributed by atoms with Crippen molar-refractivity contribution < 1.29 is 14.6 Å². The second-order valence-electron chi connectivity index (χ2n) is 5.58. The van der Waals surface area contributed by atoms with Gasteiger partial charge >= 0.3 is 0 Å². The highest BCUT2D eigenvalue weighted by atomic mass is 79.9. The average molecular weight is 489 g/mol. The van der Waals surface area contributed by atoms with E-state index in [-0.39, 0.29) is 29.2 Å². The zero-order valence-electron chi connectivity index (χ0n) is 11.9. The lowest BCUT2D eigenvalue weighted by molar-refractivity contribution is -0.0861. The Morgan fingerprint density at radius 1 is 1.29 bits per heavy atom. The van der Waals surface area contributed by atoms with Crippen LogP contribution in [0.4, 0.5) is 0 Å². The van der Waals surface area contributed by atoms with Crippen molar-refractivity contribution in [3.8, 4) is 0 Å². The van der Waals surface area contributed by atoms with Gasteiger partial charge in [-0.2, -0.15) is 0 Å². The van der Waals surface area contributed by atoms with Crippen LogP contribution in [0.3, 0.4) is 0 Å². The minimum absolute atomic E-state index is 0.00364. The minimum Gasteiger partial charge on any atom is -0.392 e. The van der Waals surface area contributed by atoms with Gasteiger partial charge in [0.1, 0.15) is 0 Å². The fourth-order valence-corrected chi connectivity index (χ4v) is 3.97. The molecule has 0 aromatic rings. The maximum atomic E-state index is 10.3. The molecule has 0 aromatic heterocycles. The van der Waals surface area contributed by atoms with Gasteiger partial charge in [0.2, 0.25) is 0 Å². The van der Waals surface area contributed by atoms with Crippen molar-refractivity contribution in [1.82, 2.24) is 0 Å². The van der Waals surface area contributed by atoms with Gasteiger partial charge in [0.15, 0.2) is 0 Å². The van der Waals surface area contributed by atoms with Crippen LogP contribution in [-0.2, 0) is 9.47 Å². The SMILES string of the molecule is CCC(Br)C1CC(Br)C(O)CC2OC(C=C=CBr)CC2O1. The quantitative estimate of drug-likeness (QED) is 0.481. The smallest absolute Gasteiger partial charge is 0.0871 e. The summed E-state index contributed by atoms with van der Waals surface area (Å²) in [5.41, 5.74) is 3.00. The van der Waals surface area contributed by atoms with Gasteiger partial charge in [0.25, 0.3) is 0 Å². The third-order valence-corrected chi connectivity index (χ3v) is 6.55. The van der Waals surface area contributed by atoms with E-state index >= 15 is 0 Å². The number of hydrogen-bond donors (Lipinski definition) is 1. The molecular formula is C15H21Br3O3. The molecule has 2 aliphatic rings. The lowest BCUT2D eigenvalue weighted by Gasteiger charge is -2.34. The zero-order valence-corrected chi connectivity index (χ0v) is 16.7. The van der Waals surface area contributed by atoms with E-state index in [1.54, 1.807) is 4.99 Å². The summed E-state index contributed by atoms with van der Waals surface area (Å²) >= 11 is 10.5. The maximum absolute atomic E-state index is 10.3. The van der Waals surface area contributed by atoms with Crippen LogP contribution in [0.1, 0.15) is 32.6 Å². The Hall–Kier alpha value is 0.840. The second-order valence-corrected chi connectivity index (χ2v) is 8.39. The number of fused-ring (bicyclic) bond motifs is 1. The molecule has 0 spiro atoms. The highest BCUT2D eigenvalue weighted by molar-refractivity contribution is 9.11. The van der Waals surface area contributed by atoms with Crippen molar-refractivity contribution in [3.05, 3.63) is 16.8 Å². The van der Waals surface area contributed by atoms with Crippen LogP contribution in [0.15, 0.2) is 16.8 Å². The Morgan fingerprint density at radius 2 is 2.00 bits per heavy atom. The summed E-state index contributed by atoms with van der Waals surface area (Å²) in [7, 11) is 0. The van der Waals surface area contributed by atoms with Gasteiger partial charge in [-0.05, 0) is 18.9 Å². The van der Waals surface area contributed by atoms with Crippen molar-refractivity contribution in [2.24, 2.45) is 0 Å². The molecule has 120 valence electrons. The molecule has 0 aromatic carbocycles.